The largest absolute Gasteiger partial charge is 0.355 e. The number of nitrogens with one attached hydrogen (secondary N) is 1. The van der Waals surface area contributed by atoms with Gasteiger partial charge in [-0.3, -0.25) is 13.9 Å². The Labute approximate surface area is 263 Å². The first-order valence-electron chi connectivity index (χ1n) is 13.8. The zero-order valence-corrected chi connectivity index (χ0v) is 26.2. The highest BCUT2D eigenvalue weighted by Crippen LogP contribution is 2.30. The minimum atomic E-state index is -4.21. The molecule has 4 rings (SSSR count). The van der Waals surface area contributed by atoms with Crippen molar-refractivity contribution in [3.8, 4) is 0 Å². The topological polar surface area (TPSA) is 86.8 Å². The molecule has 0 spiro atoms. The van der Waals surface area contributed by atoms with E-state index in [4.69, 9.17) is 23.2 Å². The Kier molecular flexibility index (Phi) is 10.9. The van der Waals surface area contributed by atoms with Crippen LogP contribution in [-0.4, -0.2) is 44.3 Å². The first-order chi connectivity index (χ1) is 20.6. The Morgan fingerprint density at radius 1 is 0.814 bits per heavy atom. The Morgan fingerprint density at radius 3 is 2.05 bits per heavy atom. The van der Waals surface area contributed by atoms with E-state index < -0.39 is 28.5 Å². The van der Waals surface area contributed by atoms with Crippen molar-refractivity contribution < 1.29 is 18.0 Å². The van der Waals surface area contributed by atoms with Gasteiger partial charge in [0.2, 0.25) is 11.8 Å². The summed E-state index contributed by atoms with van der Waals surface area (Å²) in [6.07, 6.45) is 0.230. The number of hydrogen-bond donors (Lipinski definition) is 1. The van der Waals surface area contributed by atoms with Crippen LogP contribution in [-0.2, 0) is 32.6 Å². The van der Waals surface area contributed by atoms with Gasteiger partial charge in [-0.1, -0.05) is 89.9 Å². The van der Waals surface area contributed by atoms with E-state index >= 15 is 0 Å². The van der Waals surface area contributed by atoms with Crippen LogP contribution in [0.1, 0.15) is 23.6 Å². The number of nitrogens with zero attached hydrogens (tertiary/aromatic N) is 2. The molecule has 224 valence electrons. The molecule has 0 saturated heterocycles. The van der Waals surface area contributed by atoms with Gasteiger partial charge in [0.15, 0.2) is 0 Å². The van der Waals surface area contributed by atoms with Crippen LogP contribution in [0.3, 0.4) is 0 Å². The molecule has 0 aromatic heterocycles. The molecule has 0 heterocycles. The highest BCUT2D eigenvalue weighted by atomic mass is 35.5. The maximum Gasteiger partial charge on any atom is 0.264 e. The van der Waals surface area contributed by atoms with Gasteiger partial charge >= 0.3 is 0 Å². The molecule has 4 aromatic carbocycles. The molecule has 43 heavy (non-hydrogen) atoms. The Bertz CT molecular complexity index is 1650. The van der Waals surface area contributed by atoms with Gasteiger partial charge in [-0.25, -0.2) is 8.42 Å². The van der Waals surface area contributed by atoms with E-state index in [1.54, 1.807) is 68.4 Å². The van der Waals surface area contributed by atoms with Gasteiger partial charge in [-0.05, 0) is 66.9 Å². The summed E-state index contributed by atoms with van der Waals surface area (Å²) in [5, 5.41) is 3.70. The van der Waals surface area contributed by atoms with Crippen molar-refractivity contribution >= 4 is 50.7 Å². The second-order valence-electron chi connectivity index (χ2n) is 10.0. The average Bonchev–Trinajstić information content (AvgIpc) is 3.01. The number of halogens is 2. The fourth-order valence-electron chi connectivity index (χ4n) is 4.72. The molecule has 0 bridgehead atoms. The quantitative estimate of drug-likeness (QED) is 0.198. The van der Waals surface area contributed by atoms with Gasteiger partial charge in [0.1, 0.15) is 12.6 Å². The van der Waals surface area contributed by atoms with Crippen LogP contribution in [0.5, 0.6) is 0 Å². The summed E-state index contributed by atoms with van der Waals surface area (Å²) in [6, 6.07) is 28.2. The third-order valence-electron chi connectivity index (χ3n) is 6.94. The van der Waals surface area contributed by atoms with Crippen molar-refractivity contribution in [2.24, 2.45) is 0 Å². The molecule has 1 atom stereocenters. The maximum absolute atomic E-state index is 14.4. The van der Waals surface area contributed by atoms with Crippen LogP contribution in [0, 0.1) is 6.92 Å². The molecule has 10 heteroatoms. The van der Waals surface area contributed by atoms with E-state index in [1.165, 1.54) is 23.1 Å². The molecular formula is C33H33Cl2N3O4S. The van der Waals surface area contributed by atoms with Gasteiger partial charge < -0.3 is 10.2 Å². The third-order valence-corrected chi connectivity index (χ3v) is 9.20. The van der Waals surface area contributed by atoms with Gasteiger partial charge in [0.05, 0.1) is 10.6 Å². The minimum Gasteiger partial charge on any atom is -0.355 e. The van der Waals surface area contributed by atoms with Crippen LogP contribution in [0.2, 0.25) is 10.0 Å². The molecule has 0 aliphatic heterocycles. The summed E-state index contributed by atoms with van der Waals surface area (Å²) in [5.74, 6) is -0.897. The number of benzene rings is 4. The lowest BCUT2D eigenvalue weighted by Crippen LogP contribution is -2.53. The molecule has 0 radical (unpaired) electrons. The van der Waals surface area contributed by atoms with E-state index in [-0.39, 0.29) is 29.5 Å². The van der Waals surface area contributed by atoms with Crippen molar-refractivity contribution in [2.45, 2.75) is 37.8 Å². The molecule has 7 nitrogen and oxygen atoms in total. The second-order valence-corrected chi connectivity index (χ2v) is 12.7. The number of sulfonamides is 1. The molecule has 1 unspecified atom stereocenters. The number of hydrogen-bond acceptors (Lipinski definition) is 4. The fraction of sp³-hybridized carbons (Fsp3) is 0.212. The van der Waals surface area contributed by atoms with Crippen LogP contribution < -0.4 is 9.62 Å². The van der Waals surface area contributed by atoms with Crippen molar-refractivity contribution in [1.29, 1.82) is 0 Å². The predicted molar refractivity (Wildman–Crippen MR) is 172 cm³/mol. The number of aryl methyl sites for hydroxylation is 1. The van der Waals surface area contributed by atoms with Crippen LogP contribution >= 0.6 is 23.2 Å². The fourth-order valence-corrected chi connectivity index (χ4v) is 6.50. The van der Waals surface area contributed by atoms with E-state index in [2.05, 4.69) is 5.32 Å². The van der Waals surface area contributed by atoms with Crippen LogP contribution in [0.15, 0.2) is 108 Å². The molecule has 0 aliphatic carbocycles. The molecule has 2 amide bonds. The molecule has 4 aromatic rings. The lowest BCUT2D eigenvalue weighted by atomic mass is 10.0. The second kappa shape index (κ2) is 14.6. The highest BCUT2D eigenvalue weighted by Gasteiger charge is 2.35. The third kappa shape index (κ3) is 8.16. The van der Waals surface area contributed by atoms with E-state index in [0.29, 0.717) is 22.2 Å². The summed E-state index contributed by atoms with van der Waals surface area (Å²) in [6.45, 7) is 3.42. The zero-order valence-electron chi connectivity index (χ0n) is 23.9. The molecular weight excluding hydrogens is 605 g/mol. The van der Waals surface area contributed by atoms with Crippen LogP contribution in [0.4, 0.5) is 5.69 Å². The number of carbonyl (C=O) groups excluding carboxylic acids is 2. The first kappa shape index (κ1) is 32.1. The number of anilines is 1. The number of carbonyl (C=O) groups is 2. The maximum atomic E-state index is 14.4. The zero-order chi connectivity index (χ0) is 31.0. The van der Waals surface area contributed by atoms with Gasteiger partial charge in [-0.15, -0.1) is 0 Å². The number of rotatable bonds is 12. The molecule has 0 saturated carbocycles. The Morgan fingerprint density at radius 2 is 1.42 bits per heavy atom. The van der Waals surface area contributed by atoms with Crippen molar-refractivity contribution in [2.75, 3.05) is 17.4 Å². The first-order valence-corrected chi connectivity index (χ1v) is 16.0. The summed E-state index contributed by atoms with van der Waals surface area (Å²) in [5.41, 5.74) is 2.47. The normalized spacial score (nSPS) is 11.9. The number of likely N-dealkylation sites (N-methyl/N-ethyl adjacent to an activating group) is 1. The molecule has 0 aliphatic rings. The van der Waals surface area contributed by atoms with Crippen molar-refractivity contribution in [3.63, 3.8) is 0 Å². The monoisotopic (exact) mass is 637 g/mol. The van der Waals surface area contributed by atoms with E-state index in [0.717, 1.165) is 15.4 Å². The van der Waals surface area contributed by atoms with Gasteiger partial charge in [-0.2, -0.15) is 0 Å². The van der Waals surface area contributed by atoms with Crippen LogP contribution in [0.25, 0.3) is 0 Å². The Balaban J connectivity index is 1.81. The van der Waals surface area contributed by atoms with Crippen molar-refractivity contribution in [3.05, 3.63) is 130 Å². The predicted octanol–water partition coefficient (Wildman–Crippen LogP) is 6.27. The van der Waals surface area contributed by atoms with Gasteiger partial charge in [0.25, 0.3) is 10.0 Å². The lowest BCUT2D eigenvalue weighted by molar-refractivity contribution is -0.140. The van der Waals surface area contributed by atoms with Crippen molar-refractivity contribution in [1.82, 2.24) is 10.2 Å². The summed E-state index contributed by atoms with van der Waals surface area (Å²) >= 11 is 12.4. The summed E-state index contributed by atoms with van der Waals surface area (Å²) in [4.78, 5) is 29.4. The summed E-state index contributed by atoms with van der Waals surface area (Å²) in [7, 11) is -4.21. The van der Waals surface area contributed by atoms with Gasteiger partial charge in [0, 0.05) is 29.6 Å². The Hall–Kier alpha value is -3.85. The average molecular weight is 639 g/mol. The summed E-state index contributed by atoms with van der Waals surface area (Å²) < 4.78 is 29.2. The molecule has 0 fully saturated rings. The lowest BCUT2D eigenvalue weighted by Gasteiger charge is -2.34. The SMILES string of the molecule is CCNC(=O)C(Cc1ccccc1)N(Cc1ccc(Cl)cc1)C(=O)CN(c1cc(Cl)ccc1C)S(=O)(=O)c1ccccc1. The molecule has 1 N–H and O–H groups in total. The van der Waals surface area contributed by atoms with E-state index in [1.807, 2.05) is 30.3 Å². The number of amides is 2. The minimum absolute atomic E-state index is 0.0241. The van der Waals surface area contributed by atoms with E-state index in [9.17, 15) is 18.0 Å². The smallest absolute Gasteiger partial charge is 0.264 e. The highest BCUT2D eigenvalue weighted by molar-refractivity contribution is 7.92. The standard InChI is InChI=1S/C33H33Cl2N3O4S/c1-3-36-33(40)31(20-25-10-6-4-7-11-25)37(22-26-15-18-27(34)19-16-26)32(39)23-38(30-21-28(35)17-14-24(30)2)43(41,42)29-12-8-5-9-13-29/h4-19,21,31H,3,20,22-23H2,1-2H3,(H,36,40).